The highest BCUT2D eigenvalue weighted by Crippen LogP contribution is 2.19. The summed E-state index contributed by atoms with van der Waals surface area (Å²) in [6, 6.07) is 11.5. The van der Waals surface area contributed by atoms with Crippen molar-refractivity contribution in [3.8, 4) is 5.75 Å². The van der Waals surface area contributed by atoms with Gasteiger partial charge in [0.15, 0.2) is 6.79 Å². The summed E-state index contributed by atoms with van der Waals surface area (Å²) in [4.78, 5) is 4.04. The Bertz CT molecular complexity index is 443. The van der Waals surface area contributed by atoms with E-state index in [0.29, 0.717) is 0 Å². The number of nitrogens with zero attached hydrogens (tertiary/aromatic N) is 1. The van der Waals surface area contributed by atoms with Gasteiger partial charge in [0, 0.05) is 19.0 Å². The largest absolute Gasteiger partial charge is 0.468 e. The summed E-state index contributed by atoms with van der Waals surface area (Å²) in [5.74, 6) is 0.781. The maximum atomic E-state index is 5.30. The molecule has 17 heavy (non-hydrogen) atoms. The molecule has 0 fully saturated rings. The third-order valence-corrected chi connectivity index (χ3v) is 2.15. The molecule has 1 N–H and O–H groups in total. The lowest BCUT2D eigenvalue weighted by atomic mass is 10.3. The summed E-state index contributed by atoms with van der Waals surface area (Å²) in [5.41, 5.74) is 1.95. The van der Waals surface area contributed by atoms with Crippen molar-refractivity contribution < 1.29 is 9.47 Å². The molecule has 0 atom stereocenters. The van der Waals surface area contributed by atoms with E-state index < -0.39 is 0 Å². The average Bonchev–Trinajstić information content (AvgIpc) is 2.39. The van der Waals surface area contributed by atoms with E-state index in [9.17, 15) is 0 Å². The summed E-state index contributed by atoms with van der Waals surface area (Å²) in [6.45, 7) is 0.259. The molecule has 2 rings (SSSR count). The maximum absolute atomic E-state index is 5.30. The van der Waals surface area contributed by atoms with E-state index in [0.717, 1.165) is 17.1 Å². The van der Waals surface area contributed by atoms with Crippen molar-refractivity contribution in [2.75, 3.05) is 19.2 Å². The molecule has 0 amide bonds. The number of anilines is 2. The maximum Gasteiger partial charge on any atom is 0.188 e. The first-order valence-corrected chi connectivity index (χ1v) is 5.27. The lowest BCUT2D eigenvalue weighted by Gasteiger charge is -2.07. The van der Waals surface area contributed by atoms with Crippen molar-refractivity contribution in [1.29, 1.82) is 0 Å². The van der Waals surface area contributed by atoms with E-state index in [4.69, 9.17) is 9.47 Å². The zero-order chi connectivity index (χ0) is 11.9. The molecule has 1 aromatic carbocycles. The van der Waals surface area contributed by atoms with Gasteiger partial charge in [-0.25, -0.2) is 0 Å². The highest BCUT2D eigenvalue weighted by atomic mass is 16.7. The normalized spacial score (nSPS) is 9.94. The van der Waals surface area contributed by atoms with Gasteiger partial charge < -0.3 is 14.8 Å². The molecule has 4 heteroatoms. The second-order valence-electron chi connectivity index (χ2n) is 3.44. The van der Waals surface area contributed by atoms with E-state index in [1.807, 2.05) is 36.4 Å². The first kappa shape index (κ1) is 11.4. The molecule has 88 valence electrons. The van der Waals surface area contributed by atoms with Crippen molar-refractivity contribution in [3.05, 3.63) is 48.8 Å². The number of rotatable bonds is 5. The Labute approximate surface area is 100 Å². The Balaban J connectivity index is 1.98. The predicted molar refractivity (Wildman–Crippen MR) is 66.5 cm³/mol. The third kappa shape index (κ3) is 3.46. The molecule has 1 aromatic heterocycles. The van der Waals surface area contributed by atoms with Crippen LogP contribution >= 0.6 is 0 Å². The number of ether oxygens (including phenoxy) is 2. The molecule has 4 nitrogen and oxygen atoms in total. The minimum atomic E-state index is 0.259. The van der Waals surface area contributed by atoms with E-state index in [-0.39, 0.29) is 6.79 Å². The third-order valence-electron chi connectivity index (χ3n) is 2.15. The fourth-order valence-corrected chi connectivity index (χ4v) is 1.36. The monoisotopic (exact) mass is 230 g/mol. The van der Waals surface area contributed by atoms with Crippen molar-refractivity contribution in [3.63, 3.8) is 0 Å². The summed E-state index contributed by atoms with van der Waals surface area (Å²) in [7, 11) is 1.60. The minimum Gasteiger partial charge on any atom is -0.468 e. The van der Waals surface area contributed by atoms with Gasteiger partial charge in [-0.05, 0) is 36.4 Å². The predicted octanol–water partition coefficient (Wildman–Crippen LogP) is 2.81. The fourth-order valence-electron chi connectivity index (χ4n) is 1.36. The molecule has 0 aliphatic heterocycles. The smallest absolute Gasteiger partial charge is 0.188 e. The number of hydrogen-bond acceptors (Lipinski definition) is 4. The number of nitrogens with one attached hydrogen (secondary N) is 1. The lowest BCUT2D eigenvalue weighted by molar-refractivity contribution is 0.0511. The van der Waals surface area contributed by atoms with Crippen molar-refractivity contribution >= 4 is 11.4 Å². The van der Waals surface area contributed by atoms with Crippen LogP contribution < -0.4 is 10.1 Å². The standard InChI is InChI=1S/C13H14N2O2/c1-16-10-17-13-6-4-11(5-7-13)15-12-3-2-8-14-9-12/h2-9,15H,10H2,1H3. The van der Waals surface area contributed by atoms with Crippen LogP contribution in [0.5, 0.6) is 5.75 Å². The van der Waals surface area contributed by atoms with Crippen LogP contribution in [-0.2, 0) is 4.74 Å². The van der Waals surface area contributed by atoms with Crippen LogP contribution in [-0.4, -0.2) is 18.9 Å². The van der Waals surface area contributed by atoms with Gasteiger partial charge in [-0.1, -0.05) is 0 Å². The Morgan fingerprint density at radius 1 is 1.12 bits per heavy atom. The summed E-state index contributed by atoms with van der Waals surface area (Å²) in [6.07, 6.45) is 3.52. The van der Waals surface area contributed by atoms with Crippen molar-refractivity contribution in [2.24, 2.45) is 0 Å². The van der Waals surface area contributed by atoms with Gasteiger partial charge in [0.1, 0.15) is 5.75 Å². The van der Waals surface area contributed by atoms with Crippen LogP contribution in [0.25, 0.3) is 0 Å². The van der Waals surface area contributed by atoms with Crippen LogP contribution in [0, 0.1) is 0 Å². The van der Waals surface area contributed by atoms with Gasteiger partial charge in [0.25, 0.3) is 0 Å². The van der Waals surface area contributed by atoms with Crippen LogP contribution in [0.4, 0.5) is 11.4 Å². The van der Waals surface area contributed by atoms with E-state index in [1.54, 1.807) is 19.5 Å². The molecule has 2 aromatic rings. The Hall–Kier alpha value is -2.07. The Kier molecular flexibility index (Phi) is 3.94. The highest BCUT2D eigenvalue weighted by Gasteiger charge is 1.96. The molecular weight excluding hydrogens is 216 g/mol. The molecule has 0 radical (unpaired) electrons. The van der Waals surface area contributed by atoms with E-state index >= 15 is 0 Å². The van der Waals surface area contributed by atoms with Crippen LogP contribution in [0.2, 0.25) is 0 Å². The van der Waals surface area contributed by atoms with Gasteiger partial charge in [0.2, 0.25) is 0 Å². The van der Waals surface area contributed by atoms with Crippen LogP contribution in [0.3, 0.4) is 0 Å². The SMILES string of the molecule is COCOc1ccc(Nc2cccnc2)cc1. The zero-order valence-electron chi connectivity index (χ0n) is 9.59. The average molecular weight is 230 g/mol. The van der Waals surface area contributed by atoms with Crippen molar-refractivity contribution in [1.82, 2.24) is 4.98 Å². The molecule has 0 spiro atoms. The van der Waals surface area contributed by atoms with Crippen molar-refractivity contribution in [2.45, 2.75) is 0 Å². The molecule has 1 heterocycles. The Morgan fingerprint density at radius 3 is 2.59 bits per heavy atom. The molecule has 0 unspecified atom stereocenters. The molecule has 0 saturated heterocycles. The number of hydrogen-bond donors (Lipinski definition) is 1. The van der Waals surface area contributed by atoms with Gasteiger partial charge in [-0.15, -0.1) is 0 Å². The topological polar surface area (TPSA) is 43.4 Å². The molecule has 0 aliphatic rings. The lowest BCUT2D eigenvalue weighted by Crippen LogP contribution is -1.98. The number of methoxy groups -OCH3 is 1. The molecular formula is C13H14N2O2. The quantitative estimate of drug-likeness (QED) is 0.802. The first-order valence-electron chi connectivity index (χ1n) is 5.27. The fraction of sp³-hybridized carbons (Fsp3) is 0.154. The number of aromatic nitrogens is 1. The minimum absolute atomic E-state index is 0.259. The first-order chi connectivity index (χ1) is 8.38. The second kappa shape index (κ2) is 5.86. The number of benzene rings is 1. The van der Waals surface area contributed by atoms with Crippen LogP contribution in [0.1, 0.15) is 0 Å². The second-order valence-corrected chi connectivity index (χ2v) is 3.44. The highest BCUT2D eigenvalue weighted by molar-refractivity contribution is 5.59. The molecule has 0 saturated carbocycles. The van der Waals surface area contributed by atoms with E-state index in [2.05, 4.69) is 10.3 Å². The molecule has 0 bridgehead atoms. The zero-order valence-corrected chi connectivity index (χ0v) is 9.59. The van der Waals surface area contributed by atoms with Gasteiger partial charge >= 0.3 is 0 Å². The number of pyridine rings is 1. The summed E-state index contributed by atoms with van der Waals surface area (Å²) >= 11 is 0. The van der Waals surface area contributed by atoms with Crippen LogP contribution in [0.15, 0.2) is 48.8 Å². The molecule has 0 aliphatic carbocycles. The van der Waals surface area contributed by atoms with Gasteiger partial charge in [0.05, 0.1) is 11.9 Å². The van der Waals surface area contributed by atoms with E-state index in [1.165, 1.54) is 0 Å². The summed E-state index contributed by atoms with van der Waals surface area (Å²) < 4.78 is 10.1. The van der Waals surface area contributed by atoms with Gasteiger partial charge in [-0.2, -0.15) is 0 Å². The van der Waals surface area contributed by atoms with Gasteiger partial charge in [-0.3, -0.25) is 4.98 Å². The summed E-state index contributed by atoms with van der Waals surface area (Å²) in [5, 5.41) is 3.24. The Morgan fingerprint density at radius 2 is 1.94 bits per heavy atom.